The van der Waals surface area contributed by atoms with Crippen molar-refractivity contribution in [2.45, 2.75) is 20.3 Å². The van der Waals surface area contributed by atoms with Gasteiger partial charge in [-0.1, -0.05) is 6.07 Å². The summed E-state index contributed by atoms with van der Waals surface area (Å²) in [5.41, 5.74) is 4.44. The number of fused-ring (bicyclic) bond motifs is 1. The second kappa shape index (κ2) is 8.37. The first-order valence-electron chi connectivity index (χ1n) is 9.65. The molecular weight excluding hydrogens is 378 g/mol. The monoisotopic (exact) mass is 401 g/mol. The van der Waals surface area contributed by atoms with Gasteiger partial charge in [0.25, 0.3) is 0 Å². The minimum atomic E-state index is 0.582. The summed E-state index contributed by atoms with van der Waals surface area (Å²) >= 11 is 0. The number of rotatable bonds is 6. The van der Waals surface area contributed by atoms with Crippen molar-refractivity contribution < 1.29 is 14.2 Å². The topological polar surface area (TPSA) is 66.4 Å². The van der Waals surface area contributed by atoms with Gasteiger partial charge >= 0.3 is 0 Å². The quantitative estimate of drug-likeness (QED) is 0.451. The number of aryl methyl sites for hydroxylation is 2. The van der Waals surface area contributed by atoms with Crippen molar-refractivity contribution in [1.29, 1.82) is 0 Å². The zero-order valence-corrected chi connectivity index (χ0v) is 17.5. The highest BCUT2D eigenvalue weighted by Crippen LogP contribution is 2.37. The van der Waals surface area contributed by atoms with Gasteiger partial charge in [-0.15, -0.1) is 0 Å². The van der Waals surface area contributed by atoms with E-state index in [1.807, 2.05) is 62.4 Å². The van der Waals surface area contributed by atoms with Crippen LogP contribution in [0, 0.1) is 13.8 Å². The Labute approximate surface area is 175 Å². The van der Waals surface area contributed by atoms with Crippen molar-refractivity contribution in [3.05, 3.63) is 77.5 Å². The number of ether oxygens (including phenoxy) is 3. The molecule has 3 aromatic heterocycles. The lowest BCUT2D eigenvalue weighted by atomic mass is 10.1. The van der Waals surface area contributed by atoms with Crippen LogP contribution in [0.25, 0.3) is 10.9 Å². The Bertz CT molecular complexity index is 1210. The van der Waals surface area contributed by atoms with Gasteiger partial charge in [0.15, 0.2) is 11.5 Å². The van der Waals surface area contributed by atoms with Crippen LogP contribution in [0.15, 0.2) is 54.7 Å². The fourth-order valence-electron chi connectivity index (χ4n) is 3.34. The van der Waals surface area contributed by atoms with Crippen LogP contribution in [-0.2, 0) is 6.42 Å². The van der Waals surface area contributed by atoms with Crippen molar-refractivity contribution in [3.8, 4) is 23.0 Å². The molecule has 0 aliphatic rings. The molecule has 0 amide bonds. The molecule has 1 aromatic carbocycles. The molecule has 0 bridgehead atoms. The van der Waals surface area contributed by atoms with E-state index in [1.54, 1.807) is 20.4 Å². The second-order valence-corrected chi connectivity index (χ2v) is 6.98. The number of hydrogen-bond donors (Lipinski definition) is 0. The van der Waals surface area contributed by atoms with Gasteiger partial charge in [0.1, 0.15) is 11.5 Å². The fourth-order valence-corrected chi connectivity index (χ4v) is 3.34. The van der Waals surface area contributed by atoms with Gasteiger partial charge < -0.3 is 14.2 Å². The molecule has 4 rings (SSSR count). The number of benzene rings is 1. The van der Waals surface area contributed by atoms with Crippen LogP contribution in [0.1, 0.15) is 22.8 Å². The van der Waals surface area contributed by atoms with Gasteiger partial charge in [0.2, 0.25) is 0 Å². The average Bonchev–Trinajstić information content (AvgIpc) is 2.75. The third-order valence-corrected chi connectivity index (χ3v) is 4.79. The zero-order chi connectivity index (χ0) is 21.1. The summed E-state index contributed by atoms with van der Waals surface area (Å²) in [5.74, 6) is 2.60. The van der Waals surface area contributed by atoms with Crippen LogP contribution in [0.4, 0.5) is 0 Å². The maximum absolute atomic E-state index is 6.33. The third kappa shape index (κ3) is 4.03. The largest absolute Gasteiger partial charge is 0.493 e. The lowest BCUT2D eigenvalue weighted by Gasteiger charge is -2.14. The SMILES string of the molecule is COc1cc2nccc(Oc3ccc(C)nc3Cc3cccc(C)n3)c2cc1OC. The summed E-state index contributed by atoms with van der Waals surface area (Å²) in [6.45, 7) is 3.95. The van der Waals surface area contributed by atoms with Crippen LogP contribution in [0.2, 0.25) is 0 Å². The number of hydrogen-bond acceptors (Lipinski definition) is 6. The van der Waals surface area contributed by atoms with Crippen LogP contribution < -0.4 is 14.2 Å². The number of aromatic nitrogens is 3. The molecule has 6 heteroatoms. The van der Waals surface area contributed by atoms with E-state index in [-0.39, 0.29) is 0 Å². The summed E-state index contributed by atoms with van der Waals surface area (Å²) in [6, 6.07) is 15.4. The second-order valence-electron chi connectivity index (χ2n) is 6.98. The van der Waals surface area contributed by atoms with E-state index >= 15 is 0 Å². The van der Waals surface area contributed by atoms with Crippen molar-refractivity contribution >= 4 is 10.9 Å². The summed E-state index contributed by atoms with van der Waals surface area (Å²) in [6.07, 6.45) is 2.30. The molecule has 3 heterocycles. The van der Waals surface area contributed by atoms with Crippen molar-refractivity contribution in [2.24, 2.45) is 0 Å². The highest BCUT2D eigenvalue weighted by atomic mass is 16.5. The van der Waals surface area contributed by atoms with Crippen LogP contribution in [0.5, 0.6) is 23.0 Å². The van der Waals surface area contributed by atoms with Gasteiger partial charge in [-0.3, -0.25) is 15.0 Å². The molecule has 0 radical (unpaired) electrons. The smallest absolute Gasteiger partial charge is 0.162 e. The first kappa shape index (κ1) is 19.6. The molecule has 152 valence electrons. The Balaban J connectivity index is 1.75. The van der Waals surface area contributed by atoms with Gasteiger partial charge in [0, 0.05) is 41.2 Å². The predicted molar refractivity (Wildman–Crippen MR) is 116 cm³/mol. The van der Waals surface area contributed by atoms with Gasteiger partial charge in [-0.2, -0.15) is 0 Å². The highest BCUT2D eigenvalue weighted by Gasteiger charge is 2.14. The van der Waals surface area contributed by atoms with E-state index in [4.69, 9.17) is 19.2 Å². The van der Waals surface area contributed by atoms with Crippen molar-refractivity contribution in [2.75, 3.05) is 14.2 Å². The summed E-state index contributed by atoms with van der Waals surface area (Å²) in [4.78, 5) is 13.8. The van der Waals surface area contributed by atoms with E-state index in [1.165, 1.54) is 0 Å². The molecule has 0 saturated carbocycles. The molecule has 0 unspecified atom stereocenters. The number of nitrogens with zero attached hydrogens (tertiary/aromatic N) is 3. The summed E-state index contributed by atoms with van der Waals surface area (Å²) < 4.78 is 17.2. The van der Waals surface area contributed by atoms with Crippen LogP contribution in [-0.4, -0.2) is 29.2 Å². The Morgan fingerprint density at radius 3 is 2.30 bits per heavy atom. The minimum Gasteiger partial charge on any atom is -0.493 e. The van der Waals surface area contributed by atoms with Crippen LogP contribution >= 0.6 is 0 Å². The van der Waals surface area contributed by atoms with E-state index in [9.17, 15) is 0 Å². The van der Waals surface area contributed by atoms with E-state index in [0.717, 1.165) is 33.7 Å². The molecule has 0 atom stereocenters. The maximum Gasteiger partial charge on any atom is 0.162 e. The minimum absolute atomic E-state index is 0.582. The molecule has 0 N–H and O–H groups in total. The Morgan fingerprint density at radius 2 is 1.53 bits per heavy atom. The zero-order valence-electron chi connectivity index (χ0n) is 17.5. The Morgan fingerprint density at radius 1 is 0.767 bits per heavy atom. The van der Waals surface area contributed by atoms with E-state index in [2.05, 4.69) is 9.97 Å². The molecule has 0 fully saturated rings. The first-order valence-corrected chi connectivity index (χ1v) is 9.65. The maximum atomic E-state index is 6.33. The number of methoxy groups -OCH3 is 2. The predicted octanol–water partition coefficient (Wildman–Crippen LogP) is 5.04. The standard InChI is InChI=1S/C24H23N3O3/c1-15-6-5-7-17(26-15)12-20-22(9-8-16(2)27-20)30-21-10-11-25-19-14-24(29-4)23(28-3)13-18(19)21/h5-11,13-14H,12H2,1-4H3. The van der Waals surface area contributed by atoms with E-state index in [0.29, 0.717) is 29.4 Å². The van der Waals surface area contributed by atoms with Crippen molar-refractivity contribution in [3.63, 3.8) is 0 Å². The van der Waals surface area contributed by atoms with Gasteiger partial charge in [-0.25, -0.2) is 0 Å². The molecule has 30 heavy (non-hydrogen) atoms. The fraction of sp³-hybridized carbons (Fsp3) is 0.208. The molecule has 0 spiro atoms. The van der Waals surface area contributed by atoms with Crippen molar-refractivity contribution in [1.82, 2.24) is 15.0 Å². The molecular formula is C24H23N3O3. The molecule has 0 aliphatic carbocycles. The Hall–Kier alpha value is -3.67. The average molecular weight is 401 g/mol. The molecule has 0 saturated heterocycles. The molecule has 4 aromatic rings. The lowest BCUT2D eigenvalue weighted by Crippen LogP contribution is -2.01. The molecule has 0 aliphatic heterocycles. The molecule has 6 nitrogen and oxygen atoms in total. The normalized spacial score (nSPS) is 10.8. The van der Waals surface area contributed by atoms with Crippen LogP contribution in [0.3, 0.4) is 0 Å². The highest BCUT2D eigenvalue weighted by molar-refractivity contribution is 5.88. The van der Waals surface area contributed by atoms with Gasteiger partial charge in [-0.05, 0) is 50.2 Å². The summed E-state index contributed by atoms with van der Waals surface area (Å²) in [7, 11) is 3.21. The number of pyridine rings is 3. The summed E-state index contributed by atoms with van der Waals surface area (Å²) in [5, 5.41) is 0.829. The van der Waals surface area contributed by atoms with Gasteiger partial charge in [0.05, 0.1) is 25.4 Å². The van der Waals surface area contributed by atoms with E-state index < -0.39 is 0 Å². The first-order chi connectivity index (χ1) is 14.6. The third-order valence-electron chi connectivity index (χ3n) is 4.79. The Kier molecular flexibility index (Phi) is 5.48. The lowest BCUT2D eigenvalue weighted by molar-refractivity contribution is 0.355.